The van der Waals surface area contributed by atoms with Crippen molar-refractivity contribution in [3.05, 3.63) is 145 Å². The maximum Gasteiger partial charge on any atom is 0 e. The van der Waals surface area contributed by atoms with Gasteiger partial charge in [0.25, 0.3) is 0 Å². The molecule has 55 heavy (non-hydrogen) atoms. The van der Waals surface area contributed by atoms with Crippen molar-refractivity contribution in [2.24, 2.45) is 0 Å². The second kappa shape index (κ2) is 14.7. The topological polar surface area (TPSA) is 44.7 Å². The summed E-state index contributed by atoms with van der Waals surface area (Å²) in [5.74, 6) is 2.96. The number of rotatable bonds is 5. The van der Waals surface area contributed by atoms with Crippen molar-refractivity contribution < 1.29 is 25.8 Å². The van der Waals surface area contributed by atoms with E-state index in [9.17, 15) is 0 Å². The molecule has 4 heterocycles. The van der Waals surface area contributed by atoms with Crippen LogP contribution in [0.2, 0.25) is 0 Å². The number of fused-ring (bicyclic) bond motifs is 3. The largest absolute Gasteiger partial charge is 0.0561 e. The first-order valence-electron chi connectivity index (χ1n) is 18.5. The molecule has 2 aliphatic rings. The normalized spacial score (nSPS) is 13.9. The van der Waals surface area contributed by atoms with Crippen LogP contribution in [0.25, 0.3) is 0 Å². The van der Waals surface area contributed by atoms with Gasteiger partial charge >= 0.3 is 245 Å². The maximum absolute atomic E-state index is 6.58. The summed E-state index contributed by atoms with van der Waals surface area (Å²) in [5, 5.41) is 0. The van der Waals surface area contributed by atoms with Crippen LogP contribution in [-0.4, -0.2) is 30.9 Å². The molecule has 4 aromatic carbocycles. The van der Waals surface area contributed by atoms with Gasteiger partial charge in [0, 0.05) is 21.1 Å². The first kappa shape index (κ1) is 39.1. The first-order chi connectivity index (χ1) is 25.6. The van der Waals surface area contributed by atoms with Gasteiger partial charge in [0.2, 0.25) is 0 Å². The summed E-state index contributed by atoms with van der Waals surface area (Å²) in [4.78, 5) is 16.3. The number of ether oxygens (including phenoxy) is 1. The van der Waals surface area contributed by atoms with Crippen LogP contribution < -0.4 is 26.7 Å². The number of anilines is 7. The predicted octanol–water partition coefficient (Wildman–Crippen LogP) is 10.6. The fourth-order valence-electron chi connectivity index (χ4n) is 6.72. The standard InChI is InChI=1S/C47H46N5OTe.Pt/c1-45(2,3)31-21-23-48-43(27-31)52-38-16-10-11-18-41(38)54-42-20-19-37(29-40(42)52)53-36-15-12-14-34(28-36)51-30-50(39-17-13-22-49-44(39)51)35-25-32(46(4,5)6)24-33(26-35)47(7,8)9;/h10-27,30H,1-9H3;/q-3;. The van der Waals surface area contributed by atoms with Crippen molar-refractivity contribution in [1.29, 1.82) is 0 Å². The van der Waals surface area contributed by atoms with E-state index in [1.165, 1.54) is 23.9 Å². The maximum atomic E-state index is 6.58. The molecule has 0 bridgehead atoms. The van der Waals surface area contributed by atoms with Gasteiger partial charge in [-0.15, -0.1) is 0 Å². The van der Waals surface area contributed by atoms with E-state index < -0.39 is 20.9 Å². The van der Waals surface area contributed by atoms with Gasteiger partial charge in [-0.05, 0) is 40.2 Å². The van der Waals surface area contributed by atoms with Gasteiger partial charge in [-0.2, -0.15) is 0 Å². The number of pyridine rings is 2. The fraction of sp³-hybridized carbons (Fsp3) is 0.255. The van der Waals surface area contributed by atoms with E-state index in [2.05, 4.69) is 163 Å². The zero-order valence-corrected chi connectivity index (χ0v) is 37.4. The summed E-state index contributed by atoms with van der Waals surface area (Å²) in [6.07, 6.45) is 3.76. The SMILES string of the molecule is CC(C)(C)c1cc(N2[CH-]N(c3[c-]c(Oc4[c-]c5c(cc4)[Te]c4ccccc4N5c4cc(C(C)(C)C)ccn4)ccc3)c3ncccc32)cc(C(C)(C)C)c1.[Pt]. The van der Waals surface area contributed by atoms with Crippen LogP contribution in [0.3, 0.4) is 0 Å². The van der Waals surface area contributed by atoms with Crippen molar-refractivity contribution in [3.63, 3.8) is 0 Å². The van der Waals surface area contributed by atoms with Crippen molar-refractivity contribution in [2.75, 3.05) is 14.7 Å². The number of hydrogen-bond donors (Lipinski definition) is 0. The molecule has 0 aliphatic carbocycles. The third-order valence-corrected chi connectivity index (χ3v) is 13.1. The Hall–Kier alpha value is -4.14. The molecule has 0 amide bonds. The van der Waals surface area contributed by atoms with Crippen LogP contribution in [0.5, 0.6) is 11.5 Å². The predicted molar refractivity (Wildman–Crippen MR) is 223 cm³/mol. The summed E-state index contributed by atoms with van der Waals surface area (Å²) in [7, 11) is 0. The Bertz CT molecular complexity index is 2340. The van der Waals surface area contributed by atoms with Crippen LogP contribution in [-0.2, 0) is 37.3 Å². The number of para-hydroxylation sites is 1. The molecule has 0 atom stereocenters. The molecule has 8 rings (SSSR count). The smallest absolute Gasteiger partial charge is 0 e. The van der Waals surface area contributed by atoms with E-state index in [0.29, 0.717) is 11.5 Å². The van der Waals surface area contributed by atoms with Gasteiger partial charge in [-0.1, -0.05) is 47.6 Å². The number of hydrogen-bond acceptors (Lipinski definition) is 6. The molecule has 0 spiro atoms. The van der Waals surface area contributed by atoms with E-state index >= 15 is 0 Å². The second-order valence-corrected chi connectivity index (χ2v) is 20.2. The number of nitrogens with zero attached hydrogens (tertiary/aromatic N) is 5. The Morgan fingerprint density at radius 3 is 2.02 bits per heavy atom. The van der Waals surface area contributed by atoms with Crippen LogP contribution >= 0.6 is 0 Å². The summed E-state index contributed by atoms with van der Waals surface area (Å²) < 4.78 is 9.26. The Balaban J connectivity index is 0.00000465. The van der Waals surface area contributed by atoms with Crippen LogP contribution in [0.15, 0.2) is 109 Å². The Morgan fingerprint density at radius 2 is 1.29 bits per heavy atom. The molecule has 6 nitrogen and oxygen atoms in total. The molecule has 6 aromatic rings. The molecular formula is C47H46N5OPtTe-3. The minimum Gasteiger partial charge on any atom is -0.0561 e. The Labute approximate surface area is 351 Å². The Morgan fingerprint density at radius 1 is 0.600 bits per heavy atom. The summed E-state index contributed by atoms with van der Waals surface area (Å²) in [5.41, 5.74) is 8.93. The molecule has 0 unspecified atom stereocenters. The van der Waals surface area contributed by atoms with E-state index in [4.69, 9.17) is 14.7 Å². The molecule has 0 fully saturated rings. The van der Waals surface area contributed by atoms with E-state index in [1.807, 2.05) is 42.7 Å². The van der Waals surface area contributed by atoms with Gasteiger partial charge in [-0.3, -0.25) is 0 Å². The van der Waals surface area contributed by atoms with Gasteiger partial charge in [0.05, 0.1) is 0 Å². The van der Waals surface area contributed by atoms with Gasteiger partial charge in [0.1, 0.15) is 0 Å². The summed E-state index contributed by atoms with van der Waals surface area (Å²) in [6, 6.07) is 41.5. The van der Waals surface area contributed by atoms with Gasteiger partial charge < -0.3 is 0 Å². The fourth-order valence-corrected chi connectivity index (χ4v) is 9.64. The first-order valence-corrected chi connectivity index (χ1v) is 20.8. The van der Waals surface area contributed by atoms with Gasteiger partial charge in [0.15, 0.2) is 0 Å². The van der Waals surface area contributed by atoms with Crippen LogP contribution in [0, 0.1) is 18.8 Å². The molecule has 0 radical (unpaired) electrons. The molecule has 2 aliphatic heterocycles. The molecule has 0 saturated heterocycles. The summed E-state index contributed by atoms with van der Waals surface area (Å²) in [6.45, 7) is 22.5. The third-order valence-electron chi connectivity index (χ3n) is 9.90. The molecule has 8 heteroatoms. The van der Waals surface area contributed by atoms with Crippen molar-refractivity contribution >= 4 is 68.2 Å². The van der Waals surface area contributed by atoms with Crippen LogP contribution in [0.4, 0.5) is 40.1 Å². The molecule has 0 saturated carbocycles. The average molecular weight is 1020 g/mol. The quantitative estimate of drug-likeness (QED) is 0.126. The molecular weight excluding hydrogens is 973 g/mol. The zero-order valence-electron chi connectivity index (χ0n) is 32.8. The minimum absolute atomic E-state index is 0. The average Bonchev–Trinajstić information content (AvgIpc) is 3.53. The van der Waals surface area contributed by atoms with Crippen molar-refractivity contribution in [1.82, 2.24) is 9.97 Å². The molecule has 284 valence electrons. The molecule has 0 N–H and O–H groups in total. The Kier molecular flexibility index (Phi) is 10.5. The van der Waals surface area contributed by atoms with E-state index in [-0.39, 0.29) is 37.3 Å². The van der Waals surface area contributed by atoms with Gasteiger partial charge in [-0.25, -0.2) is 0 Å². The van der Waals surface area contributed by atoms with Crippen LogP contribution in [0.1, 0.15) is 79.0 Å². The van der Waals surface area contributed by atoms with Crippen molar-refractivity contribution in [3.8, 4) is 11.5 Å². The van der Waals surface area contributed by atoms with Crippen molar-refractivity contribution in [2.45, 2.75) is 78.6 Å². The second-order valence-electron chi connectivity index (χ2n) is 17.1. The number of aromatic nitrogens is 2. The van der Waals surface area contributed by atoms with E-state index in [1.54, 1.807) is 0 Å². The molecule has 2 aromatic heterocycles. The number of benzene rings is 4. The zero-order chi connectivity index (χ0) is 38.0. The monoisotopic (exact) mass is 1020 g/mol. The van der Waals surface area contributed by atoms with E-state index in [0.717, 1.165) is 40.1 Å². The third kappa shape index (κ3) is 7.82. The summed E-state index contributed by atoms with van der Waals surface area (Å²) >= 11 is -0.636. The minimum atomic E-state index is -0.636.